The number of anilines is 2. The molecule has 4 atom stereocenters. The standard InChI is InChI=1S/C37H51F2N5O5S/c1-23(2)50(47,48)44(8)35-15-26(14-34(42-35)40-19-27-12-24(27)3)36(46)41-32(22-49-31-17-29(38)16-30(39)18-31)33(45)21-43(7)20-25-10-9-11-28(13-25)37(4,5)6/h9-11,13-18,23-24,27,32-33,45H,12,19-22H2,1-8H3,(H,40,42)(H,41,46). The number of sulfonamides is 1. The molecule has 1 aliphatic carbocycles. The van der Waals surface area contributed by atoms with Crippen molar-refractivity contribution >= 4 is 27.6 Å². The van der Waals surface area contributed by atoms with E-state index in [2.05, 4.69) is 55.4 Å². The number of carbonyl (C=O) groups excluding carboxylic acids is 1. The van der Waals surface area contributed by atoms with E-state index in [1.807, 2.05) is 24.1 Å². The summed E-state index contributed by atoms with van der Waals surface area (Å²) >= 11 is 0. The second kappa shape index (κ2) is 16.0. The Morgan fingerprint density at radius 1 is 1.08 bits per heavy atom. The first-order valence-electron chi connectivity index (χ1n) is 16.9. The van der Waals surface area contributed by atoms with Crippen LogP contribution in [0.2, 0.25) is 0 Å². The van der Waals surface area contributed by atoms with Gasteiger partial charge >= 0.3 is 0 Å². The Bertz CT molecular complexity index is 1730. The van der Waals surface area contributed by atoms with Gasteiger partial charge in [0.05, 0.1) is 17.4 Å². The Morgan fingerprint density at radius 3 is 2.34 bits per heavy atom. The molecule has 1 aliphatic rings. The highest BCUT2D eigenvalue weighted by molar-refractivity contribution is 7.93. The molecule has 2 aromatic carbocycles. The summed E-state index contributed by atoms with van der Waals surface area (Å²) in [5.74, 6) is -0.984. The molecule has 13 heteroatoms. The summed E-state index contributed by atoms with van der Waals surface area (Å²) in [7, 11) is -0.538. The Balaban J connectivity index is 1.59. The van der Waals surface area contributed by atoms with Crippen molar-refractivity contribution in [3.05, 3.63) is 82.9 Å². The van der Waals surface area contributed by atoms with Gasteiger partial charge in [0.15, 0.2) is 0 Å². The Kier molecular flexibility index (Phi) is 12.5. The average molecular weight is 716 g/mol. The number of aliphatic hydroxyl groups excluding tert-OH is 1. The molecule has 1 saturated carbocycles. The summed E-state index contributed by atoms with van der Waals surface area (Å²) in [6, 6.07) is 12.8. The lowest BCUT2D eigenvalue weighted by Crippen LogP contribution is -2.50. The van der Waals surface area contributed by atoms with E-state index in [4.69, 9.17) is 4.74 Å². The van der Waals surface area contributed by atoms with Crippen molar-refractivity contribution in [2.24, 2.45) is 11.8 Å². The summed E-state index contributed by atoms with van der Waals surface area (Å²) in [6.07, 6.45) is -0.111. The number of carbonyl (C=O) groups is 1. The van der Waals surface area contributed by atoms with Gasteiger partial charge in [-0.15, -0.1) is 0 Å². The number of likely N-dealkylation sites (N-methyl/N-ethyl adjacent to an activating group) is 1. The number of aliphatic hydroxyl groups is 1. The molecule has 4 unspecified atom stereocenters. The van der Waals surface area contributed by atoms with Crippen LogP contribution in [0.1, 0.15) is 69.4 Å². The number of ether oxygens (including phenoxy) is 1. The SMILES string of the molecule is CC1CC1CNc1cc(C(=O)NC(COc2cc(F)cc(F)c2)C(O)CN(C)Cc2cccc(C(C)(C)C)c2)cc(N(C)S(=O)(=O)C(C)C)n1. The highest BCUT2D eigenvalue weighted by Crippen LogP contribution is 2.37. The van der Waals surface area contributed by atoms with E-state index in [0.717, 1.165) is 34.5 Å². The number of nitrogens with zero attached hydrogens (tertiary/aromatic N) is 3. The van der Waals surface area contributed by atoms with Gasteiger partial charge in [-0.1, -0.05) is 52.0 Å². The molecule has 1 aromatic heterocycles. The van der Waals surface area contributed by atoms with Crippen LogP contribution in [0.3, 0.4) is 0 Å². The maximum atomic E-state index is 13.9. The quantitative estimate of drug-likeness (QED) is 0.176. The van der Waals surface area contributed by atoms with Gasteiger partial charge in [-0.2, -0.15) is 0 Å². The molecule has 4 rings (SSSR count). The van der Waals surface area contributed by atoms with Crippen LogP contribution < -0.4 is 19.7 Å². The molecular weight excluding hydrogens is 665 g/mol. The van der Waals surface area contributed by atoms with Crippen molar-refractivity contribution in [1.29, 1.82) is 0 Å². The largest absolute Gasteiger partial charge is 0.491 e. The predicted molar refractivity (Wildman–Crippen MR) is 193 cm³/mol. The maximum absolute atomic E-state index is 13.9. The number of halogens is 2. The van der Waals surface area contributed by atoms with E-state index >= 15 is 0 Å². The van der Waals surface area contributed by atoms with Gasteiger partial charge in [-0.25, -0.2) is 22.2 Å². The maximum Gasteiger partial charge on any atom is 0.251 e. The first kappa shape index (κ1) is 39.0. The third kappa shape index (κ3) is 10.6. The van der Waals surface area contributed by atoms with Crippen LogP contribution in [-0.4, -0.2) is 80.5 Å². The third-order valence-electron chi connectivity index (χ3n) is 8.99. The van der Waals surface area contributed by atoms with Crippen LogP contribution in [0.15, 0.2) is 54.6 Å². The molecule has 1 amide bonds. The number of aromatic nitrogens is 1. The molecule has 1 heterocycles. The van der Waals surface area contributed by atoms with Gasteiger partial charge < -0.3 is 20.5 Å². The molecule has 0 saturated heterocycles. The van der Waals surface area contributed by atoms with E-state index in [1.165, 1.54) is 24.7 Å². The highest BCUT2D eigenvalue weighted by Gasteiger charge is 2.32. The fourth-order valence-corrected chi connectivity index (χ4v) is 6.51. The number of amides is 1. The molecule has 274 valence electrons. The summed E-state index contributed by atoms with van der Waals surface area (Å²) in [6.45, 7) is 12.6. The zero-order chi connectivity index (χ0) is 37.0. The summed E-state index contributed by atoms with van der Waals surface area (Å²) in [5, 5.41) is 16.8. The van der Waals surface area contributed by atoms with E-state index in [-0.39, 0.29) is 35.7 Å². The number of rotatable bonds is 16. The van der Waals surface area contributed by atoms with E-state index < -0.39 is 45.0 Å². The molecule has 0 bridgehead atoms. The zero-order valence-corrected chi connectivity index (χ0v) is 31.0. The van der Waals surface area contributed by atoms with Crippen LogP contribution in [0.4, 0.5) is 20.4 Å². The Hall–Kier alpha value is -3.81. The fraction of sp³-hybridized carbons (Fsp3) is 0.514. The van der Waals surface area contributed by atoms with Gasteiger partial charge in [-0.3, -0.25) is 14.0 Å². The molecule has 1 fully saturated rings. The molecular formula is C37H51F2N5O5S. The van der Waals surface area contributed by atoms with Crippen molar-refractivity contribution in [2.75, 3.05) is 43.4 Å². The normalized spacial score (nSPS) is 17.4. The number of nitrogens with one attached hydrogen (secondary N) is 2. The van der Waals surface area contributed by atoms with Crippen molar-refractivity contribution < 1.29 is 31.8 Å². The van der Waals surface area contributed by atoms with Gasteiger partial charge in [-0.05, 0) is 67.8 Å². The molecule has 0 radical (unpaired) electrons. The number of hydrogen-bond acceptors (Lipinski definition) is 8. The van der Waals surface area contributed by atoms with Crippen molar-refractivity contribution in [3.63, 3.8) is 0 Å². The molecule has 3 aromatic rings. The lowest BCUT2D eigenvalue weighted by molar-refractivity contribution is 0.0576. The second-order valence-electron chi connectivity index (χ2n) is 14.7. The molecule has 3 N–H and O–H groups in total. The Labute approximate surface area is 295 Å². The lowest BCUT2D eigenvalue weighted by Gasteiger charge is -2.29. The van der Waals surface area contributed by atoms with Gasteiger partial charge in [0, 0.05) is 50.4 Å². The topological polar surface area (TPSA) is 124 Å². The van der Waals surface area contributed by atoms with E-state index in [0.29, 0.717) is 30.7 Å². The summed E-state index contributed by atoms with van der Waals surface area (Å²) in [4.78, 5) is 20.3. The van der Waals surface area contributed by atoms with Crippen molar-refractivity contribution in [2.45, 2.75) is 77.3 Å². The number of hydrogen-bond donors (Lipinski definition) is 3. The third-order valence-corrected chi connectivity index (χ3v) is 11.1. The fourth-order valence-electron chi connectivity index (χ4n) is 5.52. The Morgan fingerprint density at radius 2 is 1.74 bits per heavy atom. The minimum Gasteiger partial charge on any atom is -0.491 e. The predicted octanol–water partition coefficient (Wildman–Crippen LogP) is 5.57. The monoisotopic (exact) mass is 715 g/mol. The van der Waals surface area contributed by atoms with Crippen LogP contribution in [0.5, 0.6) is 5.75 Å². The smallest absolute Gasteiger partial charge is 0.251 e. The minimum absolute atomic E-state index is 0.0382. The number of benzene rings is 2. The zero-order valence-electron chi connectivity index (χ0n) is 30.2. The van der Waals surface area contributed by atoms with E-state index in [9.17, 15) is 27.1 Å². The van der Waals surface area contributed by atoms with Gasteiger partial charge in [0.1, 0.15) is 35.6 Å². The van der Waals surface area contributed by atoms with E-state index in [1.54, 1.807) is 13.8 Å². The lowest BCUT2D eigenvalue weighted by atomic mass is 9.86. The summed E-state index contributed by atoms with van der Waals surface area (Å²) in [5.41, 5.74) is 2.29. The first-order chi connectivity index (χ1) is 23.3. The van der Waals surface area contributed by atoms with Crippen LogP contribution in [-0.2, 0) is 22.0 Å². The average Bonchev–Trinajstić information content (AvgIpc) is 3.74. The van der Waals surface area contributed by atoms with Crippen LogP contribution >= 0.6 is 0 Å². The van der Waals surface area contributed by atoms with Crippen molar-refractivity contribution in [1.82, 2.24) is 15.2 Å². The molecule has 50 heavy (non-hydrogen) atoms. The van der Waals surface area contributed by atoms with Crippen LogP contribution in [0, 0.1) is 23.5 Å². The summed E-state index contributed by atoms with van der Waals surface area (Å²) < 4.78 is 60.7. The minimum atomic E-state index is -3.77. The van der Waals surface area contributed by atoms with Gasteiger partial charge in [0.2, 0.25) is 10.0 Å². The highest BCUT2D eigenvalue weighted by atomic mass is 32.2. The van der Waals surface area contributed by atoms with Gasteiger partial charge in [0.25, 0.3) is 5.91 Å². The first-order valence-corrected chi connectivity index (χ1v) is 18.4. The number of pyridine rings is 1. The van der Waals surface area contributed by atoms with Crippen LogP contribution in [0.25, 0.3) is 0 Å². The molecule has 0 spiro atoms. The van der Waals surface area contributed by atoms with Crippen molar-refractivity contribution in [3.8, 4) is 5.75 Å². The molecule has 0 aliphatic heterocycles. The second-order valence-corrected chi connectivity index (χ2v) is 17.2. The molecule has 10 nitrogen and oxygen atoms in total.